The van der Waals surface area contributed by atoms with Gasteiger partial charge in [-0.25, -0.2) is 4.98 Å². The second-order valence-electron chi connectivity index (χ2n) is 4.51. The fourth-order valence-electron chi connectivity index (χ4n) is 1.95. The number of benzene rings is 2. The first-order chi connectivity index (χ1) is 10.3. The van der Waals surface area contributed by atoms with Gasteiger partial charge in [-0.1, -0.05) is 54.1 Å². The lowest BCUT2D eigenvalue weighted by Gasteiger charge is -2.07. The molecule has 0 saturated heterocycles. The molecule has 1 heterocycles. The maximum Gasteiger partial charge on any atom is 0.147 e. The summed E-state index contributed by atoms with van der Waals surface area (Å²) in [7, 11) is 0. The maximum absolute atomic E-state index is 5.69. The summed E-state index contributed by atoms with van der Waals surface area (Å²) in [5.41, 5.74) is 3.09. The Morgan fingerprint density at radius 1 is 0.810 bits per heavy atom. The molecule has 104 valence electrons. The highest BCUT2D eigenvalue weighted by Gasteiger charge is 2.00. The molecule has 2 aromatic carbocycles. The van der Waals surface area contributed by atoms with Gasteiger partial charge in [0.2, 0.25) is 0 Å². The van der Waals surface area contributed by atoms with Crippen LogP contribution in [0.5, 0.6) is 5.75 Å². The molecule has 1 aromatic heterocycles. The van der Waals surface area contributed by atoms with Crippen LogP contribution in [0.4, 0.5) is 0 Å². The Balaban J connectivity index is 1.66. The lowest BCUT2D eigenvalue weighted by atomic mass is 10.1. The molecule has 3 nitrogen and oxygen atoms in total. The molecule has 4 heteroatoms. The van der Waals surface area contributed by atoms with E-state index < -0.39 is 0 Å². The normalized spacial score (nSPS) is 10.3. The molecular weight excluding hydrogens is 284 g/mol. The lowest BCUT2D eigenvalue weighted by Crippen LogP contribution is -1.98. The van der Waals surface area contributed by atoms with Crippen molar-refractivity contribution in [2.24, 2.45) is 0 Å². The molecule has 0 atom stereocenters. The highest BCUT2D eigenvalue weighted by atomic mass is 35.5. The standard InChI is InChI=1S/C17H13ClN2O/c18-17-11-19-15(10-20-17)12-21-16-8-6-14(7-9-16)13-4-2-1-3-5-13/h1-11H,12H2. The molecule has 0 N–H and O–H groups in total. The smallest absolute Gasteiger partial charge is 0.147 e. The van der Waals surface area contributed by atoms with Gasteiger partial charge in [0, 0.05) is 0 Å². The average Bonchev–Trinajstić information content (AvgIpc) is 2.56. The monoisotopic (exact) mass is 296 g/mol. The predicted octanol–water partition coefficient (Wildman–Crippen LogP) is 4.38. The van der Waals surface area contributed by atoms with E-state index >= 15 is 0 Å². The van der Waals surface area contributed by atoms with Crippen molar-refractivity contribution >= 4 is 11.6 Å². The van der Waals surface area contributed by atoms with Crippen LogP contribution in [0, 0.1) is 0 Å². The van der Waals surface area contributed by atoms with Crippen LogP contribution in [0.25, 0.3) is 11.1 Å². The van der Waals surface area contributed by atoms with Crippen LogP contribution >= 0.6 is 11.6 Å². The predicted molar refractivity (Wildman–Crippen MR) is 83.3 cm³/mol. The van der Waals surface area contributed by atoms with Crippen LogP contribution in [-0.4, -0.2) is 9.97 Å². The van der Waals surface area contributed by atoms with E-state index in [2.05, 4.69) is 22.1 Å². The maximum atomic E-state index is 5.69. The van der Waals surface area contributed by atoms with Crippen molar-refractivity contribution in [3.8, 4) is 16.9 Å². The Hall–Kier alpha value is -2.39. The van der Waals surface area contributed by atoms with Gasteiger partial charge < -0.3 is 4.74 Å². The molecule has 0 aliphatic carbocycles. The van der Waals surface area contributed by atoms with Crippen molar-refractivity contribution in [1.29, 1.82) is 0 Å². The third kappa shape index (κ3) is 3.58. The number of aromatic nitrogens is 2. The Labute approximate surface area is 128 Å². The highest BCUT2D eigenvalue weighted by Crippen LogP contribution is 2.22. The zero-order chi connectivity index (χ0) is 14.5. The van der Waals surface area contributed by atoms with Gasteiger partial charge in [0.05, 0.1) is 18.1 Å². The lowest BCUT2D eigenvalue weighted by molar-refractivity contribution is 0.301. The largest absolute Gasteiger partial charge is 0.487 e. The topological polar surface area (TPSA) is 35.0 Å². The summed E-state index contributed by atoms with van der Waals surface area (Å²) in [6, 6.07) is 18.2. The van der Waals surface area contributed by atoms with Crippen LogP contribution in [-0.2, 0) is 6.61 Å². The van der Waals surface area contributed by atoms with Crippen molar-refractivity contribution in [2.75, 3.05) is 0 Å². The van der Waals surface area contributed by atoms with Crippen molar-refractivity contribution < 1.29 is 4.74 Å². The summed E-state index contributed by atoms with van der Waals surface area (Å²) >= 11 is 5.69. The summed E-state index contributed by atoms with van der Waals surface area (Å²) in [4.78, 5) is 8.11. The molecule has 3 aromatic rings. The van der Waals surface area contributed by atoms with Crippen molar-refractivity contribution in [1.82, 2.24) is 9.97 Å². The number of ether oxygens (including phenoxy) is 1. The number of hydrogen-bond acceptors (Lipinski definition) is 3. The Morgan fingerprint density at radius 2 is 1.52 bits per heavy atom. The molecule has 3 rings (SSSR count). The van der Waals surface area contributed by atoms with Crippen LogP contribution in [0.1, 0.15) is 5.69 Å². The molecule has 21 heavy (non-hydrogen) atoms. The zero-order valence-corrected chi connectivity index (χ0v) is 12.0. The SMILES string of the molecule is Clc1cnc(COc2ccc(-c3ccccc3)cc2)cn1. The third-order valence-corrected chi connectivity index (χ3v) is 3.22. The summed E-state index contributed by atoms with van der Waals surface area (Å²) < 4.78 is 5.68. The number of rotatable bonds is 4. The number of hydrogen-bond donors (Lipinski definition) is 0. The molecule has 0 saturated carbocycles. The highest BCUT2D eigenvalue weighted by molar-refractivity contribution is 6.29. The number of halogens is 1. The molecule has 0 amide bonds. The van der Waals surface area contributed by atoms with Gasteiger partial charge in [-0.2, -0.15) is 0 Å². The molecule has 0 fully saturated rings. The van der Waals surface area contributed by atoms with E-state index in [0.29, 0.717) is 11.8 Å². The van der Waals surface area contributed by atoms with Crippen molar-refractivity contribution in [2.45, 2.75) is 6.61 Å². The Bertz CT molecular complexity index is 697. The van der Waals surface area contributed by atoms with Crippen molar-refractivity contribution in [3.63, 3.8) is 0 Å². The zero-order valence-electron chi connectivity index (χ0n) is 11.2. The quantitative estimate of drug-likeness (QED) is 0.717. The molecule has 0 aliphatic heterocycles. The minimum atomic E-state index is 0.370. The van der Waals surface area contributed by atoms with E-state index in [0.717, 1.165) is 17.0 Å². The second kappa shape index (κ2) is 6.37. The van der Waals surface area contributed by atoms with Gasteiger partial charge in [0.25, 0.3) is 0 Å². The Morgan fingerprint density at radius 3 is 2.19 bits per heavy atom. The third-order valence-electron chi connectivity index (χ3n) is 3.02. The average molecular weight is 297 g/mol. The summed E-state index contributed by atoms with van der Waals surface area (Å²) in [6.45, 7) is 0.370. The number of nitrogens with zero attached hydrogens (tertiary/aromatic N) is 2. The molecule has 0 radical (unpaired) electrons. The van der Waals surface area contributed by atoms with Crippen LogP contribution < -0.4 is 4.74 Å². The van der Waals surface area contributed by atoms with E-state index in [1.54, 1.807) is 6.20 Å². The van der Waals surface area contributed by atoms with E-state index in [4.69, 9.17) is 16.3 Å². The van der Waals surface area contributed by atoms with Gasteiger partial charge in [-0.05, 0) is 23.3 Å². The molecule has 0 bridgehead atoms. The fraction of sp³-hybridized carbons (Fsp3) is 0.0588. The van der Waals surface area contributed by atoms with Gasteiger partial charge in [-0.3, -0.25) is 4.98 Å². The van der Waals surface area contributed by atoms with E-state index in [9.17, 15) is 0 Å². The van der Waals surface area contributed by atoms with Gasteiger partial charge in [0.15, 0.2) is 0 Å². The molecule has 0 aliphatic rings. The van der Waals surface area contributed by atoms with Gasteiger partial charge in [0.1, 0.15) is 17.5 Å². The summed E-state index contributed by atoms with van der Waals surface area (Å²) in [5, 5.41) is 0.381. The Kier molecular flexibility index (Phi) is 4.12. The van der Waals surface area contributed by atoms with Crippen LogP contribution in [0.2, 0.25) is 5.15 Å². The summed E-state index contributed by atoms with van der Waals surface area (Å²) in [5.74, 6) is 0.798. The van der Waals surface area contributed by atoms with E-state index in [-0.39, 0.29) is 0 Å². The molecular formula is C17H13ClN2O. The molecule has 0 unspecified atom stereocenters. The summed E-state index contributed by atoms with van der Waals surface area (Å²) in [6.07, 6.45) is 3.12. The van der Waals surface area contributed by atoms with E-state index in [1.807, 2.05) is 42.5 Å². The van der Waals surface area contributed by atoms with Gasteiger partial charge >= 0.3 is 0 Å². The minimum absolute atomic E-state index is 0.370. The van der Waals surface area contributed by atoms with Crippen LogP contribution in [0.3, 0.4) is 0 Å². The van der Waals surface area contributed by atoms with Crippen molar-refractivity contribution in [3.05, 3.63) is 77.8 Å². The first kappa shape index (κ1) is 13.6. The van der Waals surface area contributed by atoms with Gasteiger partial charge in [-0.15, -0.1) is 0 Å². The first-order valence-corrected chi connectivity index (χ1v) is 6.94. The minimum Gasteiger partial charge on any atom is -0.487 e. The fourth-order valence-corrected chi connectivity index (χ4v) is 2.04. The second-order valence-corrected chi connectivity index (χ2v) is 4.90. The van der Waals surface area contributed by atoms with Crippen LogP contribution in [0.15, 0.2) is 67.0 Å². The first-order valence-electron chi connectivity index (χ1n) is 6.56. The molecule has 0 spiro atoms. The van der Waals surface area contributed by atoms with E-state index in [1.165, 1.54) is 11.8 Å².